The Morgan fingerprint density at radius 1 is 1.16 bits per heavy atom. The van der Waals surface area contributed by atoms with Crippen LogP contribution in [-0.4, -0.2) is 30.0 Å². The molecule has 1 saturated heterocycles. The molecular weight excluding hydrogens is 305 g/mol. The van der Waals surface area contributed by atoms with Gasteiger partial charge in [0, 0.05) is 0 Å². The fourth-order valence-corrected chi connectivity index (χ4v) is 4.48. The van der Waals surface area contributed by atoms with Crippen LogP contribution in [0.1, 0.15) is 50.2 Å². The van der Waals surface area contributed by atoms with Crippen LogP contribution in [0.25, 0.3) is 10.8 Å². The van der Waals surface area contributed by atoms with Crippen molar-refractivity contribution in [1.29, 1.82) is 0 Å². The first-order chi connectivity index (χ1) is 12.0. The van der Waals surface area contributed by atoms with Gasteiger partial charge in [-0.2, -0.15) is 0 Å². The van der Waals surface area contributed by atoms with Crippen molar-refractivity contribution in [2.75, 3.05) is 13.1 Å². The first kappa shape index (κ1) is 18.5. The van der Waals surface area contributed by atoms with Gasteiger partial charge in [-0.3, -0.25) is 0 Å². The van der Waals surface area contributed by atoms with Crippen LogP contribution in [0.3, 0.4) is 0 Å². The fraction of sp³-hybridized carbons (Fsp3) is 0.545. The van der Waals surface area contributed by atoms with E-state index in [9.17, 15) is 5.02 Å². The predicted octanol–water partition coefficient (Wildman–Crippen LogP) is 5.07. The zero-order chi connectivity index (χ0) is 17.9. The average Bonchev–Trinajstić information content (AvgIpc) is 2.62. The molecule has 2 aromatic carbocycles. The fourth-order valence-electron chi connectivity index (χ4n) is 4.48. The van der Waals surface area contributed by atoms with Crippen molar-refractivity contribution < 1.29 is 5.02 Å². The Balaban J connectivity index is 1.63. The molecule has 2 nitrogen and oxygen atoms in total. The molecule has 0 unspecified atom stereocenters. The molecular formula is C22H32BNO. The maximum atomic E-state index is 9.79. The van der Waals surface area contributed by atoms with Crippen molar-refractivity contribution in [3.8, 4) is 0 Å². The van der Waals surface area contributed by atoms with E-state index in [-0.39, 0.29) is 7.05 Å². The minimum absolute atomic E-state index is 0.297. The third kappa shape index (κ3) is 4.27. The topological polar surface area (TPSA) is 23.5 Å². The number of hydrogen-bond acceptors (Lipinski definition) is 2. The van der Waals surface area contributed by atoms with Gasteiger partial charge in [0.05, 0.1) is 0 Å². The highest BCUT2D eigenvalue weighted by molar-refractivity contribution is 6.45. The minimum atomic E-state index is -0.297. The predicted molar refractivity (Wildman–Crippen MR) is 109 cm³/mol. The second kappa shape index (κ2) is 7.93. The summed E-state index contributed by atoms with van der Waals surface area (Å²) in [6.45, 7) is 8.50. The summed E-state index contributed by atoms with van der Waals surface area (Å²) in [4.78, 5) is 2.21. The molecule has 0 saturated carbocycles. The van der Waals surface area contributed by atoms with Gasteiger partial charge in [-0.25, -0.2) is 0 Å². The highest BCUT2D eigenvalue weighted by Gasteiger charge is 2.34. The molecule has 1 aliphatic rings. The molecule has 0 bridgehead atoms. The van der Waals surface area contributed by atoms with E-state index in [0.717, 1.165) is 13.1 Å². The summed E-state index contributed by atoms with van der Waals surface area (Å²) in [7, 11) is -0.297. The molecule has 25 heavy (non-hydrogen) atoms. The summed E-state index contributed by atoms with van der Waals surface area (Å²) < 4.78 is 0. The molecule has 0 spiro atoms. The molecule has 0 amide bonds. The smallest absolute Gasteiger partial charge is 0.376 e. The summed E-state index contributed by atoms with van der Waals surface area (Å²) in [5.74, 6) is 0. The molecule has 1 N–H and O–H groups in total. The van der Waals surface area contributed by atoms with Crippen LogP contribution in [0.2, 0.25) is 6.82 Å². The molecule has 1 fully saturated rings. The van der Waals surface area contributed by atoms with Gasteiger partial charge < -0.3 is 9.83 Å². The van der Waals surface area contributed by atoms with Crippen LogP contribution >= 0.6 is 0 Å². The van der Waals surface area contributed by atoms with E-state index >= 15 is 0 Å². The highest BCUT2D eigenvalue weighted by atomic mass is 16.2. The quantitative estimate of drug-likeness (QED) is 0.744. The first-order valence-corrected chi connectivity index (χ1v) is 9.93. The first-order valence-electron chi connectivity index (χ1n) is 9.93. The Morgan fingerprint density at radius 2 is 1.92 bits per heavy atom. The molecule has 3 rings (SSSR count). The van der Waals surface area contributed by atoms with Crippen LogP contribution in [0.5, 0.6) is 0 Å². The van der Waals surface area contributed by atoms with E-state index in [1.54, 1.807) is 0 Å². The molecule has 1 aliphatic heterocycles. The van der Waals surface area contributed by atoms with Crippen molar-refractivity contribution in [2.24, 2.45) is 5.41 Å². The molecule has 0 aromatic heterocycles. The molecule has 0 atom stereocenters. The van der Waals surface area contributed by atoms with Crippen LogP contribution in [0.4, 0.5) is 0 Å². The third-order valence-electron chi connectivity index (χ3n) is 6.42. The molecule has 3 heteroatoms. The van der Waals surface area contributed by atoms with Crippen LogP contribution < -0.4 is 0 Å². The molecule has 1 heterocycles. The van der Waals surface area contributed by atoms with Crippen molar-refractivity contribution in [1.82, 2.24) is 4.81 Å². The number of hydrogen-bond donors (Lipinski definition) is 1. The number of aryl methyl sites for hydroxylation is 2. The van der Waals surface area contributed by atoms with Gasteiger partial charge in [0.25, 0.3) is 0 Å². The summed E-state index contributed by atoms with van der Waals surface area (Å²) >= 11 is 0. The number of piperidine rings is 1. The van der Waals surface area contributed by atoms with E-state index in [1.807, 2.05) is 6.82 Å². The zero-order valence-electron chi connectivity index (χ0n) is 16.1. The van der Waals surface area contributed by atoms with E-state index in [0.29, 0.717) is 5.41 Å². The SMILES string of the molecule is CCC1(CCCc2cccc3ccc(C)cc23)CCN(B(C)O)CC1. The zero-order valence-corrected chi connectivity index (χ0v) is 16.1. The molecule has 134 valence electrons. The van der Waals surface area contributed by atoms with Gasteiger partial charge in [0.15, 0.2) is 0 Å². The van der Waals surface area contributed by atoms with E-state index in [2.05, 4.69) is 55.1 Å². The Morgan fingerprint density at radius 3 is 2.60 bits per heavy atom. The van der Waals surface area contributed by atoms with Gasteiger partial charge in [-0.1, -0.05) is 55.3 Å². The number of benzene rings is 2. The summed E-state index contributed by atoms with van der Waals surface area (Å²) in [6.07, 6.45) is 7.44. The number of nitrogens with zero attached hydrogens (tertiary/aromatic N) is 1. The Bertz CT molecular complexity index is 704. The summed E-state index contributed by atoms with van der Waals surface area (Å²) in [5, 5.41) is 12.6. The lowest BCUT2D eigenvalue weighted by Crippen LogP contribution is -2.46. The lowest BCUT2D eigenvalue weighted by atomic mass is 9.69. The van der Waals surface area contributed by atoms with Gasteiger partial charge in [-0.15, -0.1) is 0 Å². The Labute approximate surface area is 153 Å². The Hall–Kier alpha value is -1.32. The summed E-state index contributed by atoms with van der Waals surface area (Å²) in [5.41, 5.74) is 3.32. The molecule has 0 radical (unpaired) electrons. The third-order valence-corrected chi connectivity index (χ3v) is 6.42. The van der Waals surface area contributed by atoms with E-state index < -0.39 is 0 Å². The van der Waals surface area contributed by atoms with Crippen molar-refractivity contribution >= 4 is 17.8 Å². The molecule has 0 aliphatic carbocycles. The van der Waals surface area contributed by atoms with Crippen LogP contribution in [0.15, 0.2) is 36.4 Å². The van der Waals surface area contributed by atoms with Gasteiger partial charge in [0.1, 0.15) is 0 Å². The standard InChI is InChI=1S/C22H32BNO/c1-4-22(13-15-24(16-14-22)23(3)25)12-6-9-19-7-5-8-20-11-10-18(2)17-21(19)20/h5,7-8,10-11,17,25H,4,6,9,12-16H2,1-3H3. The van der Waals surface area contributed by atoms with Crippen molar-refractivity contribution in [3.63, 3.8) is 0 Å². The van der Waals surface area contributed by atoms with Crippen LogP contribution in [-0.2, 0) is 6.42 Å². The van der Waals surface area contributed by atoms with Gasteiger partial charge in [-0.05, 0) is 80.7 Å². The molecule has 2 aromatic rings. The van der Waals surface area contributed by atoms with Crippen LogP contribution in [0, 0.1) is 12.3 Å². The minimum Gasteiger partial charge on any atom is -0.437 e. The number of rotatable bonds is 6. The number of fused-ring (bicyclic) bond motifs is 1. The normalized spacial score (nSPS) is 17.8. The monoisotopic (exact) mass is 337 g/mol. The lowest BCUT2D eigenvalue weighted by molar-refractivity contribution is 0.123. The maximum absolute atomic E-state index is 9.79. The van der Waals surface area contributed by atoms with Gasteiger partial charge in [0.2, 0.25) is 0 Å². The van der Waals surface area contributed by atoms with E-state index in [1.165, 1.54) is 60.4 Å². The summed E-state index contributed by atoms with van der Waals surface area (Å²) in [6, 6.07) is 13.5. The largest absolute Gasteiger partial charge is 0.437 e. The van der Waals surface area contributed by atoms with Crippen molar-refractivity contribution in [3.05, 3.63) is 47.5 Å². The maximum Gasteiger partial charge on any atom is 0.376 e. The Kier molecular flexibility index (Phi) is 5.86. The second-order valence-corrected chi connectivity index (χ2v) is 8.02. The van der Waals surface area contributed by atoms with Gasteiger partial charge >= 0.3 is 7.05 Å². The van der Waals surface area contributed by atoms with Crippen molar-refractivity contribution in [2.45, 2.75) is 59.2 Å². The average molecular weight is 337 g/mol. The second-order valence-electron chi connectivity index (χ2n) is 8.02. The van der Waals surface area contributed by atoms with E-state index in [4.69, 9.17) is 0 Å². The highest BCUT2D eigenvalue weighted by Crippen LogP contribution is 2.40. The lowest BCUT2D eigenvalue weighted by Gasteiger charge is -2.42.